The quantitative estimate of drug-likeness (QED) is 0.840. The monoisotopic (exact) mass is 373 g/mol. The van der Waals surface area contributed by atoms with Crippen LogP contribution in [0.5, 0.6) is 0 Å². The summed E-state index contributed by atoms with van der Waals surface area (Å²) in [6, 6.07) is 7.48. The second-order valence-electron chi connectivity index (χ2n) is 7.23. The molecule has 0 saturated carbocycles. The number of aromatic nitrogens is 1. The Morgan fingerprint density at radius 2 is 1.77 bits per heavy atom. The van der Waals surface area contributed by atoms with E-state index in [1.54, 1.807) is 11.3 Å². The lowest BCUT2D eigenvalue weighted by Gasteiger charge is -2.37. The molecule has 5 nitrogen and oxygen atoms in total. The number of aryl methyl sites for hydroxylation is 1. The Morgan fingerprint density at radius 1 is 1.15 bits per heavy atom. The van der Waals surface area contributed by atoms with Crippen molar-refractivity contribution in [2.24, 2.45) is 0 Å². The van der Waals surface area contributed by atoms with Gasteiger partial charge in [-0.05, 0) is 24.0 Å². The Hall–Kier alpha value is -1.76. The second-order valence-corrected chi connectivity index (χ2v) is 8.29. The molecule has 1 saturated heterocycles. The number of nitrogens with zero attached hydrogens (tertiary/aromatic N) is 3. The highest BCUT2D eigenvalue weighted by atomic mass is 32.1. The minimum Gasteiger partial charge on any atom is -0.480 e. The molecule has 0 amide bonds. The summed E-state index contributed by atoms with van der Waals surface area (Å²) in [5.74, 6) is -0.323. The van der Waals surface area contributed by atoms with E-state index in [1.807, 2.05) is 19.1 Å². The fraction of sp³-hybridized carbons (Fsp3) is 0.500. The van der Waals surface area contributed by atoms with E-state index in [9.17, 15) is 9.90 Å². The fourth-order valence-corrected chi connectivity index (χ4v) is 4.07. The van der Waals surface area contributed by atoms with Crippen molar-refractivity contribution in [1.29, 1.82) is 0 Å². The summed E-state index contributed by atoms with van der Waals surface area (Å²) in [4.78, 5) is 20.9. The smallest absolute Gasteiger partial charge is 0.325 e. The van der Waals surface area contributed by atoms with Gasteiger partial charge in [0.25, 0.3) is 0 Å². The number of hydrogen-bond acceptors (Lipinski definition) is 5. The van der Waals surface area contributed by atoms with Gasteiger partial charge >= 0.3 is 5.97 Å². The second kappa shape index (κ2) is 8.29. The number of carbonyl (C=O) groups is 1. The maximum Gasteiger partial charge on any atom is 0.325 e. The summed E-state index contributed by atoms with van der Waals surface area (Å²) < 4.78 is 0. The molecular weight excluding hydrogens is 346 g/mol. The predicted octanol–water partition coefficient (Wildman–Crippen LogP) is 3.52. The highest BCUT2D eigenvalue weighted by molar-refractivity contribution is 7.09. The molecule has 0 bridgehead atoms. The molecule has 1 unspecified atom stereocenters. The summed E-state index contributed by atoms with van der Waals surface area (Å²) in [6.07, 6.45) is 0. The number of benzene rings is 1. The number of aliphatic carboxylic acids is 1. The zero-order chi connectivity index (χ0) is 18.7. The van der Waals surface area contributed by atoms with Crippen molar-refractivity contribution < 1.29 is 9.90 Å². The molecule has 0 aliphatic carbocycles. The van der Waals surface area contributed by atoms with Gasteiger partial charge in [0.2, 0.25) is 0 Å². The molecule has 1 aromatic heterocycles. The van der Waals surface area contributed by atoms with Crippen LogP contribution in [-0.2, 0) is 11.3 Å². The molecule has 140 valence electrons. The Balaban J connectivity index is 1.64. The standard InChI is InChI=1S/C20H27N3O2S/c1-14(2)16-4-6-17(7-5-16)19(20(24)25)23-10-8-22(9-11-23)12-18-13-26-15(3)21-18/h4-7,13-14,19H,8-12H2,1-3H3,(H,24,25). The number of thiazole rings is 1. The first-order valence-corrected chi connectivity index (χ1v) is 10.0. The van der Waals surface area contributed by atoms with E-state index in [4.69, 9.17) is 0 Å². The van der Waals surface area contributed by atoms with Gasteiger partial charge in [0.1, 0.15) is 6.04 Å². The summed E-state index contributed by atoms with van der Waals surface area (Å²) >= 11 is 1.68. The molecule has 6 heteroatoms. The van der Waals surface area contributed by atoms with E-state index in [0.717, 1.165) is 49.0 Å². The Morgan fingerprint density at radius 3 is 2.27 bits per heavy atom. The zero-order valence-electron chi connectivity index (χ0n) is 15.7. The van der Waals surface area contributed by atoms with E-state index in [0.29, 0.717) is 5.92 Å². The van der Waals surface area contributed by atoms with Crippen molar-refractivity contribution >= 4 is 17.3 Å². The van der Waals surface area contributed by atoms with Crippen molar-refractivity contribution in [2.75, 3.05) is 26.2 Å². The van der Waals surface area contributed by atoms with Gasteiger partial charge in [-0.25, -0.2) is 4.98 Å². The molecule has 1 aliphatic heterocycles. The van der Waals surface area contributed by atoms with Crippen LogP contribution >= 0.6 is 11.3 Å². The number of carboxylic acids is 1. The first-order chi connectivity index (χ1) is 12.4. The molecule has 1 fully saturated rings. The fourth-order valence-electron chi connectivity index (χ4n) is 3.46. The molecule has 1 N–H and O–H groups in total. The molecular formula is C20H27N3O2S. The van der Waals surface area contributed by atoms with Crippen molar-refractivity contribution in [3.05, 3.63) is 51.5 Å². The predicted molar refractivity (Wildman–Crippen MR) is 105 cm³/mol. The Kier molecular flexibility index (Phi) is 6.06. The van der Waals surface area contributed by atoms with Gasteiger partial charge < -0.3 is 5.11 Å². The first kappa shape index (κ1) is 19.0. The van der Waals surface area contributed by atoms with Crippen molar-refractivity contribution in [3.8, 4) is 0 Å². The van der Waals surface area contributed by atoms with Crippen LogP contribution in [0.25, 0.3) is 0 Å². The summed E-state index contributed by atoms with van der Waals surface area (Å²) in [7, 11) is 0. The van der Waals surface area contributed by atoms with Gasteiger partial charge in [0.05, 0.1) is 10.7 Å². The maximum atomic E-state index is 11.9. The molecule has 1 aromatic carbocycles. The Labute approximate surface area is 159 Å². The van der Waals surface area contributed by atoms with Crippen LogP contribution < -0.4 is 0 Å². The minimum absolute atomic E-state index is 0.449. The molecule has 0 radical (unpaired) electrons. The molecule has 1 atom stereocenters. The lowest BCUT2D eigenvalue weighted by molar-refractivity contribution is -0.144. The van der Waals surface area contributed by atoms with Crippen LogP contribution in [0.15, 0.2) is 29.6 Å². The van der Waals surface area contributed by atoms with Crippen LogP contribution in [0.4, 0.5) is 0 Å². The third-order valence-corrected chi connectivity index (χ3v) is 5.80. The number of carboxylic acid groups (broad SMARTS) is 1. The van der Waals surface area contributed by atoms with Crippen molar-refractivity contribution in [2.45, 2.75) is 39.3 Å². The molecule has 2 heterocycles. The van der Waals surface area contributed by atoms with Gasteiger partial charge in [-0.1, -0.05) is 38.1 Å². The molecule has 26 heavy (non-hydrogen) atoms. The van der Waals surface area contributed by atoms with E-state index in [1.165, 1.54) is 5.56 Å². The summed E-state index contributed by atoms with van der Waals surface area (Å²) in [5.41, 5.74) is 3.21. The molecule has 0 spiro atoms. The normalized spacial score (nSPS) is 17.5. The summed E-state index contributed by atoms with van der Waals surface area (Å²) in [6.45, 7) is 10.4. The van der Waals surface area contributed by atoms with Crippen molar-refractivity contribution in [1.82, 2.24) is 14.8 Å². The minimum atomic E-state index is -0.772. The van der Waals surface area contributed by atoms with Crippen molar-refractivity contribution in [3.63, 3.8) is 0 Å². The van der Waals surface area contributed by atoms with Gasteiger partial charge in [0, 0.05) is 38.1 Å². The van der Waals surface area contributed by atoms with Crippen LogP contribution in [0.3, 0.4) is 0 Å². The highest BCUT2D eigenvalue weighted by Crippen LogP contribution is 2.25. The molecule has 1 aliphatic rings. The average molecular weight is 374 g/mol. The third kappa shape index (κ3) is 4.50. The van der Waals surface area contributed by atoms with E-state index < -0.39 is 12.0 Å². The van der Waals surface area contributed by atoms with Gasteiger partial charge in [-0.2, -0.15) is 0 Å². The highest BCUT2D eigenvalue weighted by Gasteiger charge is 2.30. The summed E-state index contributed by atoms with van der Waals surface area (Å²) in [5, 5.41) is 13.0. The number of hydrogen-bond donors (Lipinski definition) is 1. The number of rotatable bonds is 6. The van der Waals surface area contributed by atoms with E-state index in [2.05, 4.69) is 46.1 Å². The first-order valence-electron chi connectivity index (χ1n) is 9.14. The topological polar surface area (TPSA) is 56.7 Å². The molecule has 2 aromatic rings. The lowest BCUT2D eigenvalue weighted by Crippen LogP contribution is -2.48. The zero-order valence-corrected chi connectivity index (χ0v) is 16.5. The van der Waals surface area contributed by atoms with E-state index >= 15 is 0 Å². The third-order valence-electron chi connectivity index (χ3n) is 4.98. The largest absolute Gasteiger partial charge is 0.480 e. The van der Waals surface area contributed by atoms with Crippen LogP contribution in [-0.4, -0.2) is 52.0 Å². The molecule has 3 rings (SSSR count). The van der Waals surface area contributed by atoms with Gasteiger partial charge in [-0.3, -0.25) is 14.6 Å². The SMILES string of the molecule is Cc1nc(CN2CCN(C(C(=O)O)c3ccc(C(C)C)cc3)CC2)cs1. The van der Waals surface area contributed by atoms with Gasteiger partial charge in [-0.15, -0.1) is 11.3 Å². The van der Waals surface area contributed by atoms with Crippen LogP contribution in [0.1, 0.15) is 47.6 Å². The van der Waals surface area contributed by atoms with Crippen LogP contribution in [0, 0.1) is 6.92 Å². The lowest BCUT2D eigenvalue weighted by atomic mass is 9.98. The average Bonchev–Trinajstić information content (AvgIpc) is 3.02. The maximum absolute atomic E-state index is 11.9. The van der Waals surface area contributed by atoms with E-state index in [-0.39, 0.29) is 0 Å². The number of piperazine rings is 1. The van der Waals surface area contributed by atoms with Crippen LogP contribution in [0.2, 0.25) is 0 Å². The Bertz CT molecular complexity index is 734. The van der Waals surface area contributed by atoms with Gasteiger partial charge in [0.15, 0.2) is 0 Å².